The number of ether oxygens (including phenoxy) is 1. The lowest BCUT2D eigenvalue weighted by Crippen LogP contribution is -2.30. The van der Waals surface area contributed by atoms with Crippen LogP contribution in [-0.4, -0.2) is 15.9 Å². The molecule has 13 heavy (non-hydrogen) atoms. The van der Waals surface area contributed by atoms with Gasteiger partial charge in [-0.15, -0.1) is 23.2 Å². The molecule has 0 aromatic heterocycles. The van der Waals surface area contributed by atoms with Crippen molar-refractivity contribution >= 4 is 29.2 Å². The molecule has 4 heteroatoms. The van der Waals surface area contributed by atoms with E-state index in [1.807, 2.05) is 13.8 Å². The molecule has 2 atom stereocenters. The molecule has 2 rings (SSSR count). The molecule has 1 aliphatic heterocycles. The van der Waals surface area contributed by atoms with E-state index in [1.54, 1.807) is 0 Å². The first-order valence-electron chi connectivity index (χ1n) is 4.42. The Morgan fingerprint density at radius 1 is 1.38 bits per heavy atom. The van der Waals surface area contributed by atoms with Crippen molar-refractivity contribution in [3.8, 4) is 0 Å². The zero-order valence-corrected chi connectivity index (χ0v) is 9.15. The molecular weight excluding hydrogens is 211 g/mol. The molecule has 0 radical (unpaired) electrons. The monoisotopic (exact) mass is 222 g/mol. The summed E-state index contributed by atoms with van der Waals surface area (Å²) in [5.74, 6) is 0.262. The molecule has 2 nitrogen and oxygen atoms in total. The Labute approximate surface area is 87.5 Å². The molecular formula is C9H12Cl2O2. The summed E-state index contributed by atoms with van der Waals surface area (Å²) in [6, 6.07) is 0. The standard InChI is InChI=1S/C9H12Cl2O2/c1-8(2)5(3-7(12)13-8)6-4-9(6,10)11/h5-6H,3-4H2,1-2H3. The summed E-state index contributed by atoms with van der Waals surface area (Å²) < 4.78 is 4.58. The normalized spacial score (nSPS) is 40.2. The van der Waals surface area contributed by atoms with Gasteiger partial charge in [-0.25, -0.2) is 0 Å². The third-order valence-electron chi connectivity index (χ3n) is 3.02. The minimum absolute atomic E-state index is 0.133. The van der Waals surface area contributed by atoms with E-state index in [2.05, 4.69) is 0 Å². The fourth-order valence-corrected chi connectivity index (χ4v) is 2.77. The Morgan fingerprint density at radius 3 is 2.23 bits per heavy atom. The van der Waals surface area contributed by atoms with Gasteiger partial charge in [0.05, 0.1) is 6.42 Å². The van der Waals surface area contributed by atoms with E-state index < -0.39 is 9.93 Å². The van der Waals surface area contributed by atoms with Crippen molar-refractivity contribution in [2.75, 3.05) is 0 Å². The highest BCUT2D eigenvalue weighted by atomic mass is 35.5. The van der Waals surface area contributed by atoms with Gasteiger partial charge in [-0.3, -0.25) is 4.79 Å². The van der Waals surface area contributed by atoms with Crippen LogP contribution in [0.1, 0.15) is 26.7 Å². The Kier molecular flexibility index (Phi) is 1.88. The van der Waals surface area contributed by atoms with Gasteiger partial charge < -0.3 is 4.74 Å². The molecule has 1 saturated heterocycles. The Bertz CT molecular complexity index is 260. The number of rotatable bonds is 1. The van der Waals surface area contributed by atoms with E-state index in [-0.39, 0.29) is 17.8 Å². The number of esters is 1. The third-order valence-corrected chi connectivity index (χ3v) is 3.89. The van der Waals surface area contributed by atoms with E-state index in [4.69, 9.17) is 27.9 Å². The van der Waals surface area contributed by atoms with Crippen molar-refractivity contribution in [2.24, 2.45) is 11.8 Å². The lowest BCUT2D eigenvalue weighted by Gasteiger charge is -2.24. The van der Waals surface area contributed by atoms with Crippen LogP contribution in [0, 0.1) is 11.8 Å². The van der Waals surface area contributed by atoms with E-state index in [0.717, 1.165) is 6.42 Å². The van der Waals surface area contributed by atoms with Crippen LogP contribution in [0.2, 0.25) is 0 Å². The summed E-state index contributed by atoms with van der Waals surface area (Å²) in [5.41, 5.74) is -0.396. The summed E-state index contributed by atoms with van der Waals surface area (Å²) in [5, 5.41) is 0. The summed E-state index contributed by atoms with van der Waals surface area (Å²) in [6.07, 6.45) is 1.24. The molecule has 0 spiro atoms. The van der Waals surface area contributed by atoms with Gasteiger partial charge in [0.25, 0.3) is 0 Å². The van der Waals surface area contributed by atoms with E-state index in [9.17, 15) is 4.79 Å². The predicted molar refractivity (Wildman–Crippen MR) is 50.8 cm³/mol. The fourth-order valence-electron chi connectivity index (χ4n) is 2.13. The highest BCUT2D eigenvalue weighted by Crippen LogP contribution is 2.61. The summed E-state index contributed by atoms with van der Waals surface area (Å²) in [6.45, 7) is 3.84. The number of cyclic esters (lactones) is 1. The van der Waals surface area contributed by atoms with Crippen LogP contribution in [0.25, 0.3) is 0 Å². The highest BCUT2D eigenvalue weighted by molar-refractivity contribution is 6.50. The van der Waals surface area contributed by atoms with Crippen molar-refractivity contribution in [3.63, 3.8) is 0 Å². The van der Waals surface area contributed by atoms with Crippen LogP contribution in [0.15, 0.2) is 0 Å². The number of carbonyl (C=O) groups is 1. The average Bonchev–Trinajstić information content (AvgIpc) is 2.43. The number of alkyl halides is 2. The molecule has 1 heterocycles. The molecule has 74 valence electrons. The van der Waals surface area contributed by atoms with Gasteiger partial charge in [0.15, 0.2) is 0 Å². The summed E-state index contributed by atoms with van der Waals surface area (Å²) in [4.78, 5) is 11.1. The molecule has 2 aliphatic rings. The maximum atomic E-state index is 11.1. The molecule has 0 aromatic carbocycles. The quantitative estimate of drug-likeness (QED) is 0.504. The minimum Gasteiger partial charge on any atom is -0.459 e. The zero-order valence-electron chi connectivity index (χ0n) is 7.64. The second-order valence-electron chi connectivity index (χ2n) is 4.46. The highest BCUT2D eigenvalue weighted by Gasteiger charge is 2.61. The Balaban J connectivity index is 2.13. The van der Waals surface area contributed by atoms with Gasteiger partial charge in [-0.1, -0.05) is 0 Å². The molecule has 1 aliphatic carbocycles. The first kappa shape index (κ1) is 9.60. The molecule has 0 amide bonds. The Hall–Kier alpha value is 0.0500. The van der Waals surface area contributed by atoms with Gasteiger partial charge in [0.1, 0.15) is 9.93 Å². The van der Waals surface area contributed by atoms with Crippen molar-refractivity contribution in [2.45, 2.75) is 36.6 Å². The van der Waals surface area contributed by atoms with Gasteiger partial charge in [0, 0.05) is 11.8 Å². The van der Waals surface area contributed by atoms with Crippen molar-refractivity contribution < 1.29 is 9.53 Å². The first-order valence-corrected chi connectivity index (χ1v) is 5.18. The second-order valence-corrected chi connectivity index (χ2v) is 6.00. The molecule has 2 unspecified atom stereocenters. The van der Waals surface area contributed by atoms with Crippen molar-refractivity contribution in [1.82, 2.24) is 0 Å². The fraction of sp³-hybridized carbons (Fsp3) is 0.889. The summed E-state index contributed by atoms with van der Waals surface area (Å²) in [7, 11) is 0. The van der Waals surface area contributed by atoms with Crippen molar-refractivity contribution in [3.05, 3.63) is 0 Å². The number of hydrogen-bond donors (Lipinski definition) is 0. The third kappa shape index (κ3) is 1.55. The second kappa shape index (κ2) is 2.54. The predicted octanol–water partition coefficient (Wildman–Crippen LogP) is 2.52. The first-order chi connectivity index (χ1) is 5.83. The van der Waals surface area contributed by atoms with E-state index >= 15 is 0 Å². The smallest absolute Gasteiger partial charge is 0.306 e. The minimum atomic E-state index is -0.615. The van der Waals surface area contributed by atoms with Gasteiger partial charge >= 0.3 is 5.97 Å². The van der Waals surface area contributed by atoms with Crippen molar-refractivity contribution in [1.29, 1.82) is 0 Å². The number of halogens is 2. The van der Waals surface area contributed by atoms with Crippen LogP contribution < -0.4 is 0 Å². The lowest BCUT2D eigenvalue weighted by atomic mass is 9.86. The molecule has 0 bridgehead atoms. The van der Waals surface area contributed by atoms with Gasteiger partial charge in [0.2, 0.25) is 0 Å². The van der Waals surface area contributed by atoms with Crippen LogP contribution in [0.3, 0.4) is 0 Å². The average molecular weight is 223 g/mol. The topological polar surface area (TPSA) is 26.3 Å². The van der Waals surface area contributed by atoms with Gasteiger partial charge in [-0.05, 0) is 20.3 Å². The van der Waals surface area contributed by atoms with Crippen LogP contribution in [-0.2, 0) is 9.53 Å². The molecule has 2 fully saturated rings. The van der Waals surface area contributed by atoms with Crippen LogP contribution in [0.5, 0.6) is 0 Å². The number of hydrogen-bond acceptors (Lipinski definition) is 2. The number of carbonyl (C=O) groups excluding carboxylic acids is 1. The zero-order chi connectivity index (χ0) is 9.85. The van der Waals surface area contributed by atoms with E-state index in [1.165, 1.54) is 0 Å². The molecule has 0 aromatic rings. The van der Waals surface area contributed by atoms with Gasteiger partial charge in [-0.2, -0.15) is 0 Å². The molecule has 0 N–H and O–H groups in total. The molecule has 1 saturated carbocycles. The van der Waals surface area contributed by atoms with Crippen LogP contribution in [0.4, 0.5) is 0 Å². The van der Waals surface area contributed by atoms with Crippen LogP contribution >= 0.6 is 23.2 Å². The Morgan fingerprint density at radius 2 is 1.92 bits per heavy atom. The largest absolute Gasteiger partial charge is 0.459 e. The van der Waals surface area contributed by atoms with E-state index in [0.29, 0.717) is 6.42 Å². The SMILES string of the molecule is CC1(C)OC(=O)CC1C1CC1(Cl)Cl. The summed E-state index contributed by atoms with van der Waals surface area (Å²) >= 11 is 11.9. The lowest BCUT2D eigenvalue weighted by molar-refractivity contribution is -0.146. The maximum absolute atomic E-state index is 11.1. The maximum Gasteiger partial charge on any atom is 0.306 e.